The van der Waals surface area contributed by atoms with Crippen molar-refractivity contribution < 1.29 is 9.18 Å². The van der Waals surface area contributed by atoms with Crippen LogP contribution in [0.1, 0.15) is 56.5 Å². The molecule has 0 aliphatic carbocycles. The summed E-state index contributed by atoms with van der Waals surface area (Å²) >= 11 is 3.37. The number of carbonyl (C=O) groups is 1. The summed E-state index contributed by atoms with van der Waals surface area (Å²) in [4.78, 5) is 17.4. The van der Waals surface area contributed by atoms with Crippen molar-refractivity contribution in [3.05, 3.63) is 101 Å². The molecular weight excluding hydrogens is 495 g/mol. The highest BCUT2D eigenvalue weighted by Crippen LogP contribution is 2.26. The van der Waals surface area contributed by atoms with Gasteiger partial charge in [0.2, 0.25) is 0 Å². The highest BCUT2D eigenvalue weighted by Gasteiger charge is 2.21. The second-order valence-electron chi connectivity index (χ2n) is 7.41. The molecule has 1 aromatic carbocycles. The lowest BCUT2D eigenvalue weighted by Crippen LogP contribution is -2.29. The molecule has 0 fully saturated rings. The van der Waals surface area contributed by atoms with Crippen LogP contribution in [0.25, 0.3) is 17.3 Å². The van der Waals surface area contributed by atoms with Crippen molar-refractivity contribution in [3.8, 4) is 5.69 Å². The fourth-order valence-corrected chi connectivity index (χ4v) is 3.66. The van der Waals surface area contributed by atoms with E-state index in [1.165, 1.54) is 18.6 Å². The fourth-order valence-electron chi connectivity index (χ4n) is 3.27. The Morgan fingerprint density at radius 3 is 2.47 bits per heavy atom. The van der Waals surface area contributed by atoms with E-state index >= 15 is 0 Å². The molecule has 7 heteroatoms. The van der Waals surface area contributed by atoms with E-state index in [0.717, 1.165) is 5.56 Å². The van der Waals surface area contributed by atoms with Crippen LogP contribution in [0, 0.1) is 5.82 Å². The minimum atomic E-state index is -0.333. The minimum Gasteiger partial charge on any atom is -0.345 e. The Hall–Kier alpha value is -3.32. The van der Waals surface area contributed by atoms with Crippen molar-refractivity contribution in [2.24, 2.45) is 0 Å². The Labute approximate surface area is 209 Å². The van der Waals surface area contributed by atoms with E-state index in [2.05, 4.69) is 58.3 Å². The molecule has 1 amide bonds. The van der Waals surface area contributed by atoms with E-state index in [0.29, 0.717) is 33.5 Å². The zero-order valence-electron chi connectivity index (χ0n) is 19.8. The van der Waals surface area contributed by atoms with E-state index < -0.39 is 0 Å². The van der Waals surface area contributed by atoms with Gasteiger partial charge in [0.15, 0.2) is 0 Å². The van der Waals surface area contributed by atoms with Crippen LogP contribution in [0.3, 0.4) is 0 Å². The van der Waals surface area contributed by atoms with Gasteiger partial charge in [-0.25, -0.2) is 14.1 Å². The topological polar surface area (TPSA) is 59.8 Å². The lowest BCUT2D eigenvalue weighted by molar-refractivity contribution is -0.116. The van der Waals surface area contributed by atoms with Crippen LogP contribution in [-0.4, -0.2) is 20.7 Å². The number of aromatic nitrogens is 3. The van der Waals surface area contributed by atoms with Gasteiger partial charge in [0.1, 0.15) is 10.4 Å². The number of amides is 1. The first-order chi connectivity index (χ1) is 16.4. The van der Waals surface area contributed by atoms with E-state index in [-0.39, 0.29) is 17.8 Å². The number of hydrogen-bond donors (Lipinski definition) is 1. The number of nitrogens with one attached hydrogen (secondary N) is 1. The van der Waals surface area contributed by atoms with Crippen molar-refractivity contribution in [1.29, 1.82) is 0 Å². The molecule has 0 aliphatic rings. The summed E-state index contributed by atoms with van der Waals surface area (Å²) in [6.07, 6.45) is 10.2. The zero-order chi connectivity index (χ0) is 25.1. The first kappa shape index (κ1) is 26.9. The lowest BCUT2D eigenvalue weighted by Gasteiger charge is -2.19. The first-order valence-electron chi connectivity index (χ1n) is 11.1. The van der Waals surface area contributed by atoms with Gasteiger partial charge in [-0.15, -0.1) is 6.58 Å². The average Bonchev–Trinajstić information content (AvgIpc) is 3.24. The van der Waals surface area contributed by atoms with Crippen molar-refractivity contribution in [2.75, 3.05) is 0 Å². The van der Waals surface area contributed by atoms with Crippen LogP contribution >= 0.6 is 15.9 Å². The van der Waals surface area contributed by atoms with E-state index in [4.69, 9.17) is 0 Å². The summed E-state index contributed by atoms with van der Waals surface area (Å²) < 4.78 is 15.6. The van der Waals surface area contributed by atoms with Crippen LogP contribution in [0.5, 0.6) is 0 Å². The van der Waals surface area contributed by atoms with Crippen molar-refractivity contribution >= 4 is 33.5 Å². The largest absolute Gasteiger partial charge is 0.345 e. The number of hydrogen-bond acceptors (Lipinski definition) is 3. The minimum absolute atomic E-state index is 0.246. The molecule has 0 bridgehead atoms. The molecule has 5 nitrogen and oxygen atoms in total. The Bertz CT molecular complexity index is 1150. The maximum Gasteiger partial charge on any atom is 0.252 e. The third kappa shape index (κ3) is 6.84. The molecule has 1 N–H and O–H groups in total. The molecule has 2 aromatic heterocycles. The molecule has 34 heavy (non-hydrogen) atoms. The van der Waals surface area contributed by atoms with E-state index in [1.807, 2.05) is 12.1 Å². The third-order valence-corrected chi connectivity index (χ3v) is 5.19. The fraction of sp³-hybridized carbons (Fsp3) is 0.222. The number of nitrogens with zero attached hydrogens (tertiary/aromatic N) is 3. The van der Waals surface area contributed by atoms with Gasteiger partial charge in [0, 0.05) is 17.3 Å². The van der Waals surface area contributed by atoms with Gasteiger partial charge in [-0.2, -0.15) is 5.10 Å². The van der Waals surface area contributed by atoms with Crippen molar-refractivity contribution in [2.45, 2.75) is 39.7 Å². The molecule has 1 atom stereocenters. The normalized spacial score (nSPS) is 11.7. The van der Waals surface area contributed by atoms with Gasteiger partial charge in [0.25, 0.3) is 5.91 Å². The number of allylic oxidation sites excluding steroid dienone is 1. The molecule has 0 saturated carbocycles. The molecule has 2 heterocycles. The van der Waals surface area contributed by atoms with Crippen molar-refractivity contribution in [1.82, 2.24) is 20.1 Å². The summed E-state index contributed by atoms with van der Waals surface area (Å²) in [5.41, 5.74) is 3.32. The highest BCUT2D eigenvalue weighted by atomic mass is 79.9. The Morgan fingerprint density at radius 1 is 1.24 bits per heavy atom. The lowest BCUT2D eigenvalue weighted by atomic mass is 10.0. The number of rotatable bonds is 8. The molecule has 3 aromatic rings. The SMILES string of the molecule is C=CC[C@@H](NC(=O)/C(=C/C)c1cnn(-c2ccc(F)cc2)c1C=C)c1ccnc(Br)c1.CCC. The Morgan fingerprint density at radius 2 is 1.91 bits per heavy atom. The number of pyridine rings is 1. The summed E-state index contributed by atoms with van der Waals surface area (Å²) in [7, 11) is 0. The monoisotopic (exact) mass is 524 g/mol. The second-order valence-corrected chi connectivity index (χ2v) is 8.22. The van der Waals surface area contributed by atoms with E-state index in [1.54, 1.807) is 54.4 Å². The van der Waals surface area contributed by atoms with Gasteiger partial charge in [0.05, 0.1) is 23.6 Å². The molecule has 0 aliphatic heterocycles. The van der Waals surface area contributed by atoms with Gasteiger partial charge in [-0.3, -0.25) is 4.79 Å². The average molecular weight is 525 g/mol. The number of halogens is 2. The standard InChI is InChI=1S/C24H22BrFN4O.C3H8/c1-4-7-21(16-12-13-27-23(25)14-16)29-24(31)19(5-2)20-15-28-30(22(20)6-3)18-10-8-17(26)9-11-18;1-3-2/h4-6,8-15,21H,1,3,7H2,2H3,(H,29,31);3H2,1-2H3/b19-5+;/t21-;/m1./s1. The van der Waals surface area contributed by atoms with Crippen LogP contribution in [0.15, 0.2) is 78.7 Å². The molecular formula is C27H30BrFN4O. The zero-order valence-corrected chi connectivity index (χ0v) is 21.3. The van der Waals surface area contributed by atoms with Crippen LogP contribution < -0.4 is 5.32 Å². The molecule has 0 radical (unpaired) electrons. The quantitative estimate of drug-likeness (QED) is 0.195. The number of benzene rings is 1. The van der Waals surface area contributed by atoms with E-state index in [9.17, 15) is 9.18 Å². The second kappa shape index (κ2) is 13.4. The van der Waals surface area contributed by atoms with Crippen molar-refractivity contribution in [3.63, 3.8) is 0 Å². The first-order valence-corrected chi connectivity index (χ1v) is 11.9. The highest BCUT2D eigenvalue weighted by molar-refractivity contribution is 9.10. The molecule has 3 rings (SSSR count). The van der Waals surface area contributed by atoms with Crippen LogP contribution in [0.2, 0.25) is 0 Å². The smallest absolute Gasteiger partial charge is 0.252 e. The molecule has 0 unspecified atom stereocenters. The molecule has 0 saturated heterocycles. The number of carbonyl (C=O) groups excluding carboxylic acids is 1. The maximum atomic E-state index is 13.3. The summed E-state index contributed by atoms with van der Waals surface area (Å²) in [6.45, 7) is 13.7. The Balaban J connectivity index is 0.00000129. The maximum absolute atomic E-state index is 13.3. The summed E-state index contributed by atoms with van der Waals surface area (Å²) in [5, 5.41) is 7.47. The predicted octanol–water partition coefficient (Wildman–Crippen LogP) is 7.07. The predicted molar refractivity (Wildman–Crippen MR) is 141 cm³/mol. The Kier molecular flexibility index (Phi) is 10.6. The van der Waals surface area contributed by atoms with Crippen LogP contribution in [-0.2, 0) is 4.79 Å². The third-order valence-electron chi connectivity index (χ3n) is 4.76. The summed E-state index contributed by atoms with van der Waals surface area (Å²) in [5.74, 6) is -0.579. The van der Waals surface area contributed by atoms with Gasteiger partial charge in [-0.1, -0.05) is 39.0 Å². The van der Waals surface area contributed by atoms with Gasteiger partial charge >= 0.3 is 0 Å². The summed E-state index contributed by atoms with van der Waals surface area (Å²) in [6, 6.07) is 9.42. The van der Waals surface area contributed by atoms with Gasteiger partial charge in [-0.05, 0) is 77.3 Å². The van der Waals surface area contributed by atoms with Crippen LogP contribution in [0.4, 0.5) is 4.39 Å². The molecule has 178 valence electrons. The molecule has 0 spiro atoms. The van der Waals surface area contributed by atoms with Gasteiger partial charge < -0.3 is 5.32 Å².